The van der Waals surface area contributed by atoms with Crippen molar-refractivity contribution in [2.24, 2.45) is 0 Å². The molecule has 0 spiro atoms. The van der Waals surface area contributed by atoms with E-state index in [4.69, 9.17) is 0 Å². The molecule has 2 rings (SSSR count). The Balaban J connectivity index is 2.00. The quantitative estimate of drug-likeness (QED) is 0.823. The van der Waals surface area contributed by atoms with E-state index in [0.717, 1.165) is 12.1 Å². The molecule has 0 aliphatic carbocycles. The molecule has 0 aromatic heterocycles. The number of nitrogens with one attached hydrogen (secondary N) is 1. The molecule has 4 nitrogen and oxygen atoms in total. The van der Waals surface area contributed by atoms with Gasteiger partial charge in [0.15, 0.2) is 17.4 Å². The summed E-state index contributed by atoms with van der Waals surface area (Å²) in [5, 5.41) is 0. The second-order valence-corrected chi connectivity index (χ2v) is 6.74. The standard InChI is InChI=1S/C16H15F2NO3S/c1-11(20)13-3-5-14(6-4-13)23(21,22)19-9-8-12-2-7-15(17)16(18)10-12/h2-7,10,19H,8-9H2,1H3. The molecule has 122 valence electrons. The molecule has 0 heterocycles. The summed E-state index contributed by atoms with van der Waals surface area (Å²) in [5.74, 6) is -2.06. The molecule has 1 N–H and O–H groups in total. The number of hydrogen-bond acceptors (Lipinski definition) is 3. The average molecular weight is 339 g/mol. The Hall–Kier alpha value is -2.12. The molecular weight excluding hydrogens is 324 g/mol. The number of benzene rings is 2. The van der Waals surface area contributed by atoms with E-state index in [0.29, 0.717) is 11.1 Å². The van der Waals surface area contributed by atoms with Crippen LogP contribution in [0.25, 0.3) is 0 Å². The lowest BCUT2D eigenvalue weighted by Crippen LogP contribution is -2.26. The smallest absolute Gasteiger partial charge is 0.240 e. The van der Waals surface area contributed by atoms with Crippen LogP contribution in [0.4, 0.5) is 8.78 Å². The first-order valence-electron chi connectivity index (χ1n) is 6.84. The highest BCUT2D eigenvalue weighted by molar-refractivity contribution is 7.89. The fourth-order valence-corrected chi connectivity index (χ4v) is 3.01. The van der Waals surface area contributed by atoms with Crippen LogP contribution in [-0.2, 0) is 16.4 Å². The van der Waals surface area contributed by atoms with E-state index in [1.54, 1.807) is 0 Å². The highest BCUT2D eigenvalue weighted by Gasteiger charge is 2.14. The van der Waals surface area contributed by atoms with E-state index in [9.17, 15) is 22.0 Å². The number of ketones is 1. The van der Waals surface area contributed by atoms with Crippen LogP contribution in [0.1, 0.15) is 22.8 Å². The molecule has 0 saturated heterocycles. The van der Waals surface area contributed by atoms with Crippen LogP contribution >= 0.6 is 0 Å². The number of hydrogen-bond donors (Lipinski definition) is 1. The molecule has 2 aromatic rings. The van der Waals surface area contributed by atoms with Crippen LogP contribution in [0.15, 0.2) is 47.4 Å². The first-order chi connectivity index (χ1) is 10.8. The lowest BCUT2D eigenvalue weighted by atomic mass is 10.1. The zero-order valence-electron chi connectivity index (χ0n) is 12.3. The third-order valence-electron chi connectivity index (χ3n) is 3.26. The lowest BCUT2D eigenvalue weighted by molar-refractivity contribution is 0.101. The van der Waals surface area contributed by atoms with Gasteiger partial charge in [-0.3, -0.25) is 4.79 Å². The fourth-order valence-electron chi connectivity index (χ4n) is 1.98. The zero-order valence-corrected chi connectivity index (χ0v) is 13.2. The van der Waals surface area contributed by atoms with E-state index in [1.165, 1.54) is 37.3 Å². The van der Waals surface area contributed by atoms with E-state index < -0.39 is 21.7 Å². The van der Waals surface area contributed by atoms with Crippen molar-refractivity contribution in [2.45, 2.75) is 18.2 Å². The summed E-state index contributed by atoms with van der Waals surface area (Å²) in [5.41, 5.74) is 0.907. The minimum atomic E-state index is -3.72. The topological polar surface area (TPSA) is 63.2 Å². The SMILES string of the molecule is CC(=O)c1ccc(S(=O)(=O)NCCc2ccc(F)c(F)c2)cc1. The zero-order chi connectivity index (χ0) is 17.0. The monoisotopic (exact) mass is 339 g/mol. The van der Waals surface area contributed by atoms with Crippen molar-refractivity contribution in [2.75, 3.05) is 6.54 Å². The van der Waals surface area contributed by atoms with Gasteiger partial charge in [-0.2, -0.15) is 0 Å². The molecule has 0 bridgehead atoms. The number of rotatable bonds is 6. The fraction of sp³-hybridized carbons (Fsp3) is 0.188. The van der Waals surface area contributed by atoms with Gasteiger partial charge in [-0.05, 0) is 43.2 Å². The van der Waals surface area contributed by atoms with Gasteiger partial charge in [-0.25, -0.2) is 21.9 Å². The van der Waals surface area contributed by atoms with Gasteiger partial charge < -0.3 is 0 Å². The molecule has 0 unspecified atom stereocenters. The summed E-state index contributed by atoms with van der Waals surface area (Å²) < 4.78 is 52.4. The Bertz CT molecular complexity index is 818. The Morgan fingerprint density at radius 3 is 2.26 bits per heavy atom. The predicted molar refractivity (Wildman–Crippen MR) is 81.7 cm³/mol. The Morgan fingerprint density at radius 2 is 1.70 bits per heavy atom. The highest BCUT2D eigenvalue weighted by Crippen LogP contribution is 2.12. The Morgan fingerprint density at radius 1 is 1.04 bits per heavy atom. The third-order valence-corrected chi connectivity index (χ3v) is 4.74. The lowest BCUT2D eigenvalue weighted by Gasteiger charge is -2.07. The van der Waals surface area contributed by atoms with Gasteiger partial charge in [0.2, 0.25) is 10.0 Å². The van der Waals surface area contributed by atoms with Gasteiger partial charge in [0, 0.05) is 12.1 Å². The normalized spacial score (nSPS) is 11.4. The van der Waals surface area contributed by atoms with Gasteiger partial charge >= 0.3 is 0 Å². The van der Waals surface area contributed by atoms with Crippen molar-refractivity contribution in [3.63, 3.8) is 0 Å². The molecule has 0 aliphatic rings. The molecule has 0 amide bonds. The largest absolute Gasteiger partial charge is 0.295 e. The van der Waals surface area contributed by atoms with Crippen molar-refractivity contribution < 1.29 is 22.0 Å². The number of Topliss-reactive ketones (excluding diaryl/α,β-unsaturated/α-hetero) is 1. The molecule has 0 radical (unpaired) electrons. The molecule has 0 aliphatic heterocycles. The van der Waals surface area contributed by atoms with E-state index in [-0.39, 0.29) is 23.6 Å². The third kappa shape index (κ3) is 4.43. The summed E-state index contributed by atoms with van der Waals surface area (Å²) >= 11 is 0. The molecular formula is C16H15F2NO3S. The molecule has 2 aromatic carbocycles. The molecule has 0 saturated carbocycles. The maximum atomic E-state index is 13.1. The van der Waals surface area contributed by atoms with Crippen LogP contribution in [0.2, 0.25) is 0 Å². The van der Waals surface area contributed by atoms with Gasteiger partial charge in [0.05, 0.1) is 4.90 Å². The summed E-state index contributed by atoms with van der Waals surface area (Å²) in [6.07, 6.45) is 0.224. The second kappa shape index (κ2) is 6.97. The number of sulfonamides is 1. The highest BCUT2D eigenvalue weighted by atomic mass is 32.2. The number of carbonyl (C=O) groups excluding carboxylic acids is 1. The molecule has 23 heavy (non-hydrogen) atoms. The minimum absolute atomic E-state index is 0.0350. The van der Waals surface area contributed by atoms with Crippen molar-refractivity contribution >= 4 is 15.8 Å². The van der Waals surface area contributed by atoms with Crippen LogP contribution in [-0.4, -0.2) is 20.7 Å². The molecule has 7 heteroatoms. The van der Waals surface area contributed by atoms with Crippen LogP contribution in [0.3, 0.4) is 0 Å². The van der Waals surface area contributed by atoms with Crippen molar-refractivity contribution in [3.8, 4) is 0 Å². The second-order valence-electron chi connectivity index (χ2n) is 4.98. The van der Waals surface area contributed by atoms with Gasteiger partial charge in [-0.15, -0.1) is 0 Å². The average Bonchev–Trinajstić information content (AvgIpc) is 2.51. The summed E-state index contributed by atoms with van der Waals surface area (Å²) in [4.78, 5) is 11.2. The van der Waals surface area contributed by atoms with Gasteiger partial charge in [-0.1, -0.05) is 18.2 Å². The maximum absolute atomic E-state index is 13.1. The summed E-state index contributed by atoms with van der Waals surface area (Å²) in [6, 6.07) is 8.99. The maximum Gasteiger partial charge on any atom is 0.240 e. The first kappa shape index (κ1) is 17.2. The van der Waals surface area contributed by atoms with Crippen LogP contribution < -0.4 is 4.72 Å². The predicted octanol–water partition coefficient (Wildman–Crippen LogP) is 2.69. The van der Waals surface area contributed by atoms with Crippen molar-refractivity contribution in [3.05, 3.63) is 65.2 Å². The van der Waals surface area contributed by atoms with E-state index in [2.05, 4.69) is 4.72 Å². The van der Waals surface area contributed by atoms with Gasteiger partial charge in [0.1, 0.15) is 0 Å². The summed E-state index contributed by atoms with van der Waals surface area (Å²) in [7, 11) is -3.72. The molecule has 0 atom stereocenters. The van der Waals surface area contributed by atoms with Crippen molar-refractivity contribution in [1.82, 2.24) is 4.72 Å². The van der Waals surface area contributed by atoms with Crippen molar-refractivity contribution in [1.29, 1.82) is 0 Å². The number of halogens is 2. The van der Waals surface area contributed by atoms with Crippen LogP contribution in [0.5, 0.6) is 0 Å². The Labute approximate surface area is 133 Å². The summed E-state index contributed by atoms with van der Waals surface area (Å²) in [6.45, 7) is 1.44. The van der Waals surface area contributed by atoms with Gasteiger partial charge in [0.25, 0.3) is 0 Å². The molecule has 0 fully saturated rings. The van der Waals surface area contributed by atoms with Crippen LogP contribution in [0, 0.1) is 11.6 Å². The van der Waals surface area contributed by atoms with E-state index >= 15 is 0 Å². The first-order valence-corrected chi connectivity index (χ1v) is 8.32. The van der Waals surface area contributed by atoms with E-state index in [1.807, 2.05) is 0 Å². The number of carbonyl (C=O) groups is 1. The minimum Gasteiger partial charge on any atom is -0.295 e. The Kier molecular flexibility index (Phi) is 5.23.